The van der Waals surface area contributed by atoms with Crippen LogP contribution in [0.4, 0.5) is 4.39 Å². The third-order valence-corrected chi connectivity index (χ3v) is 8.51. The van der Waals surface area contributed by atoms with E-state index < -0.39 is 0 Å². The number of piperidine rings is 1. The van der Waals surface area contributed by atoms with Gasteiger partial charge in [-0.15, -0.1) is 9.89 Å². The molecule has 0 atom stereocenters. The summed E-state index contributed by atoms with van der Waals surface area (Å²) in [5.41, 5.74) is 10.1. The summed E-state index contributed by atoms with van der Waals surface area (Å²) in [6.07, 6.45) is 5.58. The van der Waals surface area contributed by atoms with Crippen LogP contribution in [0, 0.1) is 5.82 Å². The van der Waals surface area contributed by atoms with E-state index in [1.165, 1.54) is 6.20 Å². The Morgan fingerprint density at radius 3 is 2.60 bits per heavy atom. The lowest BCUT2D eigenvalue weighted by atomic mass is 9.89. The van der Waals surface area contributed by atoms with Gasteiger partial charge < -0.3 is 25.6 Å². The first-order valence-corrected chi connectivity index (χ1v) is 15.1. The van der Waals surface area contributed by atoms with Crippen molar-refractivity contribution < 1.29 is 18.7 Å². The fourth-order valence-corrected chi connectivity index (χ4v) is 5.89. The molecule has 2 aromatic heterocycles. The van der Waals surface area contributed by atoms with Gasteiger partial charge in [0.1, 0.15) is 37.3 Å². The van der Waals surface area contributed by atoms with Crippen molar-refractivity contribution in [3.05, 3.63) is 59.9 Å². The van der Waals surface area contributed by atoms with Gasteiger partial charge >= 0.3 is 0 Å². The Morgan fingerprint density at radius 1 is 1.22 bits per heavy atom. The molecule has 5 N–H and O–H groups in total. The van der Waals surface area contributed by atoms with Gasteiger partial charge in [-0.1, -0.05) is 12.1 Å². The van der Waals surface area contributed by atoms with Crippen LogP contribution in [0.25, 0.3) is 32.9 Å². The zero-order chi connectivity index (χ0) is 32.5. The van der Waals surface area contributed by atoms with Gasteiger partial charge in [-0.25, -0.2) is 14.8 Å². The molecule has 240 valence electrons. The second kappa shape index (κ2) is 12.6. The minimum atomic E-state index is -0.318. The van der Waals surface area contributed by atoms with E-state index >= 15 is 4.39 Å². The summed E-state index contributed by atoms with van der Waals surface area (Å²) in [7, 11) is 3.87. The minimum Gasteiger partial charge on any atom is -0.399 e. The second-order valence-corrected chi connectivity index (χ2v) is 12.9. The number of hydrogen-bond donors (Lipinski definition) is 3. The number of fused-ring (bicyclic) bond motifs is 2. The van der Waals surface area contributed by atoms with E-state index in [-0.39, 0.29) is 42.9 Å². The maximum absolute atomic E-state index is 15.6. The Bertz CT molecular complexity index is 1750. The molecular formula is C32H43FN9O3+. The van der Waals surface area contributed by atoms with Crippen molar-refractivity contribution in [1.29, 1.82) is 0 Å². The lowest BCUT2D eigenvalue weighted by Crippen LogP contribution is -2.59. The van der Waals surface area contributed by atoms with Gasteiger partial charge in [-0.2, -0.15) is 5.10 Å². The first-order chi connectivity index (χ1) is 21.3. The topological polar surface area (TPSA) is 146 Å². The Hall–Kier alpha value is -4.33. The number of aldehydes is 1. The summed E-state index contributed by atoms with van der Waals surface area (Å²) >= 11 is 0. The summed E-state index contributed by atoms with van der Waals surface area (Å²) < 4.78 is 22.8. The molecule has 0 spiro atoms. The summed E-state index contributed by atoms with van der Waals surface area (Å²) in [5.74, 6) is 5.21. The number of benzene rings is 2. The number of amides is 1. The van der Waals surface area contributed by atoms with Crippen LogP contribution in [0.2, 0.25) is 0 Å². The van der Waals surface area contributed by atoms with Gasteiger partial charge in [0.25, 0.3) is 0 Å². The number of nitrogens with two attached hydrogens (primary N) is 2. The molecule has 12 nitrogen and oxygen atoms in total. The minimum absolute atomic E-state index is 0.00585. The molecule has 4 bridgehead atoms. The number of quaternary nitrogens is 1. The van der Waals surface area contributed by atoms with E-state index in [4.69, 9.17) is 21.4 Å². The molecule has 0 unspecified atom stereocenters. The van der Waals surface area contributed by atoms with Gasteiger partial charge in [0.15, 0.2) is 0 Å². The number of aromatic nitrogens is 4. The number of rotatable bonds is 7. The molecular weight excluding hydrogens is 577 g/mol. The molecule has 0 saturated carbocycles. The van der Waals surface area contributed by atoms with Crippen molar-refractivity contribution in [2.45, 2.75) is 51.7 Å². The predicted octanol–water partition coefficient (Wildman–Crippen LogP) is 2.87. The smallest absolute Gasteiger partial charge is 0.242 e. The number of hydrogen-bond acceptors (Lipinski definition) is 8. The van der Waals surface area contributed by atoms with E-state index in [0.717, 1.165) is 64.0 Å². The SMILES string of the molecule is COC(C)(C)C.C[N+]12CCC(CC1)c1nn(CC(=O)NC/C(N)=C/N(N)CC=O)c3cccc(c13)-c1cc3c(cnn32)cc1F. The first-order valence-electron chi connectivity index (χ1n) is 15.1. The van der Waals surface area contributed by atoms with E-state index in [1.54, 1.807) is 24.1 Å². The Balaban J connectivity index is 0.000000609. The van der Waals surface area contributed by atoms with Gasteiger partial charge in [-0.05, 0) is 44.5 Å². The number of nitrogens with one attached hydrogen (secondary N) is 1. The largest absolute Gasteiger partial charge is 0.399 e. The zero-order valence-corrected chi connectivity index (χ0v) is 26.6. The molecule has 5 heterocycles. The van der Waals surface area contributed by atoms with Crippen LogP contribution < -0.4 is 21.5 Å². The number of carbonyl (C=O) groups is 2. The third-order valence-electron chi connectivity index (χ3n) is 8.51. The van der Waals surface area contributed by atoms with Crippen molar-refractivity contribution >= 4 is 34.0 Å². The van der Waals surface area contributed by atoms with Gasteiger partial charge in [0.05, 0.1) is 43.1 Å². The van der Waals surface area contributed by atoms with Crippen molar-refractivity contribution in [3.8, 4) is 11.1 Å². The van der Waals surface area contributed by atoms with E-state index in [1.807, 2.05) is 49.8 Å². The standard InChI is InChI=1S/C27H30FN9O2.C5H12O/c1-37-8-5-17(6-9-37)27-26-20(21-12-24-18(11-22(21)28)13-32-36(24)37)3-2-4-23(26)35(33-27)16-25(39)31-14-19(29)15-34(30)7-10-38;1-5(2,3)6-4/h2-4,10-13,15,17H,5-9,14,16,29-30H2,1H3;1-4H3/p+1/b19-15-;. The van der Waals surface area contributed by atoms with E-state index in [2.05, 4.69) is 17.5 Å². The fraction of sp³-hybridized carbons (Fsp3) is 0.438. The van der Waals surface area contributed by atoms with Crippen LogP contribution in [0.15, 0.2) is 48.4 Å². The van der Waals surface area contributed by atoms with Crippen LogP contribution in [-0.4, -0.2) is 82.8 Å². The fourth-order valence-electron chi connectivity index (χ4n) is 5.89. The maximum atomic E-state index is 15.6. The molecule has 2 aromatic carbocycles. The molecule has 1 saturated heterocycles. The Morgan fingerprint density at radius 2 is 1.93 bits per heavy atom. The zero-order valence-electron chi connectivity index (χ0n) is 26.6. The number of ether oxygens (including phenoxy) is 1. The van der Waals surface area contributed by atoms with Gasteiger partial charge in [0.2, 0.25) is 5.91 Å². The third kappa shape index (κ3) is 6.70. The normalized spacial score (nSPS) is 19.3. The van der Waals surface area contributed by atoms with E-state index in [9.17, 15) is 9.59 Å². The highest BCUT2D eigenvalue weighted by Crippen LogP contribution is 2.41. The van der Waals surface area contributed by atoms with Gasteiger partial charge in [-0.3, -0.25) is 9.48 Å². The van der Waals surface area contributed by atoms with Crippen molar-refractivity contribution in [1.82, 2.24) is 34.6 Å². The average molecular weight is 621 g/mol. The second-order valence-electron chi connectivity index (χ2n) is 12.9. The van der Waals surface area contributed by atoms with Crippen LogP contribution in [0.3, 0.4) is 0 Å². The summed E-state index contributed by atoms with van der Waals surface area (Å²) in [4.78, 5) is 25.5. The van der Waals surface area contributed by atoms with Crippen LogP contribution in [0.1, 0.15) is 45.2 Å². The quantitative estimate of drug-likeness (QED) is 0.124. The van der Waals surface area contributed by atoms with Crippen molar-refractivity contribution in [3.63, 3.8) is 0 Å². The number of nitrogens with zero attached hydrogens (tertiary/aromatic N) is 6. The number of methoxy groups -OCH3 is 1. The Kier molecular flexibility index (Phi) is 8.97. The number of carbonyl (C=O) groups excluding carboxylic acids is 2. The Labute approximate surface area is 261 Å². The number of hydrazine groups is 1. The molecule has 4 aromatic rings. The van der Waals surface area contributed by atoms with Crippen LogP contribution in [-0.2, 0) is 20.9 Å². The molecule has 13 heteroatoms. The molecule has 1 fully saturated rings. The van der Waals surface area contributed by atoms with Crippen molar-refractivity contribution in [2.75, 3.05) is 40.3 Å². The molecule has 7 rings (SSSR count). The maximum Gasteiger partial charge on any atom is 0.242 e. The molecule has 0 radical (unpaired) electrons. The molecule has 3 aliphatic heterocycles. The van der Waals surface area contributed by atoms with Gasteiger partial charge in [0, 0.05) is 54.1 Å². The monoisotopic (exact) mass is 620 g/mol. The van der Waals surface area contributed by atoms with Crippen molar-refractivity contribution in [2.24, 2.45) is 11.6 Å². The van der Waals surface area contributed by atoms with Crippen LogP contribution in [0.5, 0.6) is 0 Å². The lowest BCUT2D eigenvalue weighted by molar-refractivity contribution is -0.121. The number of halogens is 1. The summed E-state index contributed by atoms with van der Waals surface area (Å²) in [6.45, 7) is 7.82. The summed E-state index contributed by atoms with van der Waals surface area (Å²) in [6, 6.07) is 9.16. The molecule has 0 aliphatic carbocycles. The molecule has 1 amide bonds. The molecule has 45 heavy (non-hydrogen) atoms. The highest BCUT2D eigenvalue weighted by atomic mass is 19.1. The molecule has 3 aliphatic rings. The van der Waals surface area contributed by atoms with Crippen LogP contribution >= 0.6 is 0 Å². The highest BCUT2D eigenvalue weighted by molar-refractivity contribution is 6.00. The highest BCUT2D eigenvalue weighted by Gasteiger charge is 2.38. The lowest BCUT2D eigenvalue weighted by Gasteiger charge is -2.38. The average Bonchev–Trinajstić information content (AvgIpc) is 3.57. The first kappa shape index (κ1) is 32.1. The summed E-state index contributed by atoms with van der Waals surface area (Å²) in [5, 5.41) is 15.2. The predicted molar refractivity (Wildman–Crippen MR) is 173 cm³/mol. The van der Waals surface area contributed by atoms with E-state index in [0.29, 0.717) is 22.1 Å².